The fraction of sp³-hybridized carbons (Fsp3) is 0.571. The largest absolute Gasteiger partial charge is 0.340 e. The van der Waals surface area contributed by atoms with E-state index in [0.717, 1.165) is 18.4 Å². The number of benzene rings is 1. The number of unbranched alkanes of at least 4 members (excludes halogenated alkanes) is 5. The molecule has 0 aliphatic rings. The van der Waals surface area contributed by atoms with Crippen LogP contribution in [0.2, 0.25) is 0 Å². The SMILES string of the molecule is CCCCCCCCc1ccccc1OOS(=O)O. The van der Waals surface area contributed by atoms with E-state index in [1.165, 1.54) is 32.1 Å². The second kappa shape index (κ2) is 9.95. The number of para-hydroxylation sites is 1. The van der Waals surface area contributed by atoms with Gasteiger partial charge in [0.25, 0.3) is 0 Å². The summed E-state index contributed by atoms with van der Waals surface area (Å²) in [6.07, 6.45) is 8.29. The van der Waals surface area contributed by atoms with Crippen molar-refractivity contribution in [2.24, 2.45) is 0 Å². The highest BCUT2D eigenvalue weighted by Crippen LogP contribution is 2.21. The Hall–Kier alpha value is -0.910. The van der Waals surface area contributed by atoms with Crippen molar-refractivity contribution in [3.05, 3.63) is 29.8 Å². The van der Waals surface area contributed by atoms with Crippen LogP contribution in [0.1, 0.15) is 51.0 Å². The van der Waals surface area contributed by atoms with E-state index in [9.17, 15) is 4.21 Å². The Bertz CT molecular complexity index is 381. The lowest BCUT2D eigenvalue weighted by molar-refractivity contribution is -0.0946. The van der Waals surface area contributed by atoms with Crippen molar-refractivity contribution in [1.29, 1.82) is 0 Å². The molecule has 0 spiro atoms. The summed E-state index contributed by atoms with van der Waals surface area (Å²) in [5.41, 5.74) is 1.00. The Morgan fingerprint density at radius 2 is 1.79 bits per heavy atom. The zero-order chi connectivity index (χ0) is 13.9. The number of hydrogen-bond acceptors (Lipinski definition) is 3. The lowest BCUT2D eigenvalue weighted by Gasteiger charge is -2.07. The first-order chi connectivity index (χ1) is 9.24. The molecule has 0 bridgehead atoms. The summed E-state index contributed by atoms with van der Waals surface area (Å²) in [5, 5.41) is 0. The van der Waals surface area contributed by atoms with Gasteiger partial charge in [-0.1, -0.05) is 61.6 Å². The van der Waals surface area contributed by atoms with Crippen molar-refractivity contribution < 1.29 is 18.0 Å². The molecule has 0 aliphatic heterocycles. The van der Waals surface area contributed by atoms with Gasteiger partial charge in [-0.05, 0) is 24.5 Å². The van der Waals surface area contributed by atoms with Gasteiger partial charge < -0.3 is 4.89 Å². The third kappa shape index (κ3) is 7.30. The van der Waals surface area contributed by atoms with Crippen molar-refractivity contribution >= 4 is 11.4 Å². The Balaban J connectivity index is 2.33. The first kappa shape index (κ1) is 16.1. The third-order valence-corrected chi connectivity index (χ3v) is 3.14. The minimum absolute atomic E-state index is 0.512. The van der Waals surface area contributed by atoms with Gasteiger partial charge in [0.15, 0.2) is 5.75 Å². The summed E-state index contributed by atoms with van der Waals surface area (Å²) < 4.78 is 23.2. The molecule has 0 saturated heterocycles. The normalized spacial score (nSPS) is 12.3. The van der Waals surface area contributed by atoms with Crippen LogP contribution in [0.3, 0.4) is 0 Å². The predicted molar refractivity (Wildman–Crippen MR) is 76.0 cm³/mol. The smallest absolute Gasteiger partial charge is 0.321 e. The van der Waals surface area contributed by atoms with Crippen LogP contribution in [0, 0.1) is 0 Å². The van der Waals surface area contributed by atoms with Crippen LogP contribution in [0.15, 0.2) is 24.3 Å². The van der Waals surface area contributed by atoms with Gasteiger partial charge in [0.1, 0.15) is 0 Å². The molecule has 0 aliphatic carbocycles. The molecule has 0 radical (unpaired) electrons. The van der Waals surface area contributed by atoms with E-state index in [0.29, 0.717) is 5.75 Å². The first-order valence-corrected chi connectivity index (χ1v) is 7.81. The average molecular weight is 286 g/mol. The van der Waals surface area contributed by atoms with E-state index in [4.69, 9.17) is 9.44 Å². The topological polar surface area (TPSA) is 55.8 Å². The molecule has 0 fully saturated rings. The molecule has 5 heteroatoms. The van der Waals surface area contributed by atoms with Gasteiger partial charge in [0, 0.05) is 0 Å². The van der Waals surface area contributed by atoms with Crippen molar-refractivity contribution in [2.75, 3.05) is 0 Å². The maximum Gasteiger partial charge on any atom is 0.340 e. The highest BCUT2D eigenvalue weighted by molar-refractivity contribution is 7.74. The molecule has 0 heterocycles. The molecule has 108 valence electrons. The van der Waals surface area contributed by atoms with Gasteiger partial charge >= 0.3 is 11.4 Å². The molecule has 1 unspecified atom stereocenters. The van der Waals surface area contributed by atoms with Gasteiger partial charge in [-0.15, -0.1) is 0 Å². The van der Waals surface area contributed by atoms with Gasteiger partial charge in [0.2, 0.25) is 0 Å². The van der Waals surface area contributed by atoms with E-state index < -0.39 is 11.4 Å². The molecule has 0 saturated carbocycles. The Kier molecular flexibility index (Phi) is 8.45. The standard InChI is InChI=1S/C14H22O4S/c1-2-3-4-5-6-7-10-13-11-8-9-12-14(13)17-18-19(15)16/h8-9,11-12H,2-7,10H2,1H3,(H,15,16). The molecular weight excluding hydrogens is 264 g/mol. The van der Waals surface area contributed by atoms with Crippen LogP contribution in [0.5, 0.6) is 5.75 Å². The third-order valence-electron chi connectivity index (χ3n) is 2.95. The van der Waals surface area contributed by atoms with Crippen LogP contribution >= 0.6 is 0 Å². The minimum Gasteiger partial charge on any atom is -0.321 e. The number of hydrogen-bond donors (Lipinski definition) is 1. The van der Waals surface area contributed by atoms with E-state index in [1.807, 2.05) is 18.2 Å². The Morgan fingerprint density at radius 1 is 1.11 bits per heavy atom. The highest BCUT2D eigenvalue weighted by atomic mass is 32.2. The van der Waals surface area contributed by atoms with E-state index >= 15 is 0 Å². The molecule has 1 aromatic carbocycles. The molecule has 0 aromatic heterocycles. The molecule has 1 rings (SSSR count). The molecular formula is C14H22O4S. The monoisotopic (exact) mass is 286 g/mol. The maximum atomic E-state index is 10.4. The van der Waals surface area contributed by atoms with Crippen molar-refractivity contribution in [2.45, 2.75) is 51.9 Å². The molecule has 4 nitrogen and oxygen atoms in total. The van der Waals surface area contributed by atoms with Crippen LogP contribution in [-0.4, -0.2) is 8.76 Å². The number of rotatable bonds is 10. The predicted octanol–water partition coefficient (Wildman–Crippen LogP) is 4.04. The zero-order valence-corrected chi connectivity index (χ0v) is 12.2. The van der Waals surface area contributed by atoms with Gasteiger partial charge in [0.05, 0.1) is 0 Å². The first-order valence-electron chi connectivity index (χ1n) is 6.77. The molecule has 0 amide bonds. The Labute approximate surface area is 117 Å². The maximum absolute atomic E-state index is 10.4. The van der Waals surface area contributed by atoms with Crippen LogP contribution in [0.4, 0.5) is 0 Å². The summed E-state index contributed by atoms with van der Waals surface area (Å²) in [7, 11) is 0. The van der Waals surface area contributed by atoms with Crippen LogP contribution < -0.4 is 4.89 Å². The Morgan fingerprint density at radius 3 is 2.53 bits per heavy atom. The highest BCUT2D eigenvalue weighted by Gasteiger charge is 2.05. The van der Waals surface area contributed by atoms with Gasteiger partial charge in [-0.3, -0.25) is 4.55 Å². The van der Waals surface area contributed by atoms with Crippen LogP contribution in [-0.2, 0) is 22.1 Å². The minimum atomic E-state index is -2.41. The van der Waals surface area contributed by atoms with E-state index in [-0.39, 0.29) is 0 Å². The summed E-state index contributed by atoms with van der Waals surface area (Å²) in [5.74, 6) is 0.512. The summed E-state index contributed by atoms with van der Waals surface area (Å²) in [6, 6.07) is 7.42. The molecule has 1 atom stereocenters. The summed E-state index contributed by atoms with van der Waals surface area (Å²) >= 11 is -2.41. The molecule has 19 heavy (non-hydrogen) atoms. The number of aryl methyl sites for hydroxylation is 1. The summed E-state index contributed by atoms with van der Waals surface area (Å²) in [4.78, 5) is 4.84. The molecule has 1 aromatic rings. The summed E-state index contributed by atoms with van der Waals surface area (Å²) in [6.45, 7) is 2.21. The quantitative estimate of drug-likeness (QED) is 0.305. The average Bonchev–Trinajstić information content (AvgIpc) is 2.41. The van der Waals surface area contributed by atoms with Gasteiger partial charge in [-0.25, -0.2) is 0 Å². The van der Waals surface area contributed by atoms with Crippen molar-refractivity contribution in [1.82, 2.24) is 0 Å². The lowest BCUT2D eigenvalue weighted by Crippen LogP contribution is -2.02. The second-order valence-electron chi connectivity index (χ2n) is 4.49. The molecule has 1 N–H and O–H groups in total. The second-order valence-corrected chi connectivity index (χ2v) is 5.06. The van der Waals surface area contributed by atoms with Crippen LogP contribution in [0.25, 0.3) is 0 Å². The fourth-order valence-corrected chi connectivity index (χ4v) is 2.08. The lowest BCUT2D eigenvalue weighted by atomic mass is 10.0. The van der Waals surface area contributed by atoms with Crippen molar-refractivity contribution in [3.8, 4) is 5.75 Å². The fourth-order valence-electron chi connectivity index (χ4n) is 1.95. The van der Waals surface area contributed by atoms with E-state index in [1.54, 1.807) is 6.07 Å². The van der Waals surface area contributed by atoms with Crippen molar-refractivity contribution in [3.63, 3.8) is 0 Å². The van der Waals surface area contributed by atoms with Gasteiger partial charge in [-0.2, -0.15) is 4.21 Å². The zero-order valence-electron chi connectivity index (χ0n) is 11.3. The van der Waals surface area contributed by atoms with E-state index in [2.05, 4.69) is 11.3 Å².